The third kappa shape index (κ3) is 22.4. The first-order valence-electron chi connectivity index (χ1n) is 17.6. The van der Waals surface area contributed by atoms with Crippen molar-refractivity contribution in [3.63, 3.8) is 0 Å². The quantitative estimate of drug-likeness (QED) is 0.0721. The summed E-state index contributed by atoms with van der Waals surface area (Å²) in [6, 6.07) is 5.70. The summed E-state index contributed by atoms with van der Waals surface area (Å²) in [5.74, 6) is -0.430. The van der Waals surface area contributed by atoms with Crippen molar-refractivity contribution in [1.29, 1.82) is 0 Å². The van der Waals surface area contributed by atoms with Crippen molar-refractivity contribution in [1.82, 2.24) is 0 Å². The molecular formula is C37H62O5. The summed E-state index contributed by atoms with van der Waals surface area (Å²) in [4.78, 5) is 36.8. The van der Waals surface area contributed by atoms with Gasteiger partial charge in [-0.2, -0.15) is 0 Å². The van der Waals surface area contributed by atoms with Crippen LogP contribution in [0.15, 0.2) is 29.1 Å². The molecule has 1 aromatic carbocycles. The molecule has 0 spiro atoms. The molecule has 0 bridgehead atoms. The molecule has 0 aliphatic rings. The van der Waals surface area contributed by atoms with E-state index in [4.69, 9.17) is 9.47 Å². The molecule has 0 heterocycles. The van der Waals surface area contributed by atoms with Gasteiger partial charge in [0.2, 0.25) is 5.43 Å². The van der Waals surface area contributed by atoms with Crippen LogP contribution in [0.1, 0.15) is 181 Å². The van der Waals surface area contributed by atoms with Gasteiger partial charge < -0.3 is 9.47 Å². The summed E-state index contributed by atoms with van der Waals surface area (Å²) >= 11 is 0. The largest absolute Gasteiger partial charge is 0.427 e. The molecule has 0 aliphatic heterocycles. The number of unbranched alkanes of at least 4 members (excludes halogenated alkanes) is 22. The van der Waals surface area contributed by atoms with Gasteiger partial charge in [0.05, 0.1) is 0 Å². The topological polar surface area (TPSA) is 69.7 Å². The first-order chi connectivity index (χ1) is 20.6. The SMILES string of the molecule is CCCCCCCCCCCCCCCCCC(=O)Oc1ccc(OC(=O)CCCCCCCCCCC)c(=O)cc1. The lowest BCUT2D eigenvalue weighted by Gasteiger charge is -2.04. The van der Waals surface area contributed by atoms with Crippen LogP contribution in [0, 0.1) is 0 Å². The van der Waals surface area contributed by atoms with Crippen molar-refractivity contribution in [2.24, 2.45) is 0 Å². The Morgan fingerprint density at radius 2 is 0.786 bits per heavy atom. The summed E-state index contributed by atoms with van der Waals surface area (Å²) < 4.78 is 10.7. The number of esters is 2. The zero-order valence-corrected chi connectivity index (χ0v) is 27.2. The van der Waals surface area contributed by atoms with Gasteiger partial charge in [-0.1, -0.05) is 155 Å². The van der Waals surface area contributed by atoms with Crippen LogP contribution < -0.4 is 14.9 Å². The number of rotatable bonds is 28. The van der Waals surface area contributed by atoms with Gasteiger partial charge in [0.15, 0.2) is 5.75 Å². The van der Waals surface area contributed by atoms with Crippen LogP contribution in [0.3, 0.4) is 0 Å². The molecule has 42 heavy (non-hydrogen) atoms. The molecule has 1 rings (SSSR count). The Morgan fingerprint density at radius 1 is 0.452 bits per heavy atom. The lowest BCUT2D eigenvalue weighted by Crippen LogP contribution is -2.12. The van der Waals surface area contributed by atoms with E-state index in [1.807, 2.05) is 0 Å². The van der Waals surface area contributed by atoms with Crippen molar-refractivity contribution in [3.05, 3.63) is 34.5 Å². The minimum absolute atomic E-state index is 0.0272. The van der Waals surface area contributed by atoms with Gasteiger partial charge >= 0.3 is 11.9 Å². The van der Waals surface area contributed by atoms with Gasteiger partial charge in [-0.15, -0.1) is 0 Å². The molecule has 0 amide bonds. The number of hydrogen-bond acceptors (Lipinski definition) is 5. The maximum atomic E-state index is 12.3. The fourth-order valence-electron chi connectivity index (χ4n) is 5.26. The fourth-order valence-corrected chi connectivity index (χ4v) is 5.26. The van der Waals surface area contributed by atoms with Gasteiger partial charge in [0.1, 0.15) is 5.75 Å². The maximum Gasteiger partial charge on any atom is 0.311 e. The van der Waals surface area contributed by atoms with Crippen LogP contribution in [-0.2, 0) is 9.59 Å². The number of carbonyl (C=O) groups excluding carboxylic acids is 2. The average Bonchev–Trinajstić information content (AvgIpc) is 3.14. The first-order valence-corrected chi connectivity index (χ1v) is 17.6. The lowest BCUT2D eigenvalue weighted by atomic mass is 10.0. The minimum atomic E-state index is -0.403. The van der Waals surface area contributed by atoms with Gasteiger partial charge in [0.25, 0.3) is 0 Å². The average molecular weight is 587 g/mol. The zero-order chi connectivity index (χ0) is 30.5. The van der Waals surface area contributed by atoms with Gasteiger partial charge in [-0.25, -0.2) is 0 Å². The first kappa shape index (κ1) is 37.9. The molecule has 5 nitrogen and oxygen atoms in total. The van der Waals surface area contributed by atoms with Crippen LogP contribution in [0.5, 0.6) is 11.5 Å². The molecule has 1 aromatic rings. The van der Waals surface area contributed by atoms with E-state index in [1.165, 1.54) is 140 Å². The second-order valence-corrected chi connectivity index (χ2v) is 12.0. The fraction of sp³-hybridized carbons (Fsp3) is 0.757. The summed E-state index contributed by atoms with van der Waals surface area (Å²) in [7, 11) is 0. The predicted octanol–water partition coefficient (Wildman–Crippen LogP) is 11.0. The molecule has 0 saturated carbocycles. The molecule has 0 fully saturated rings. The Bertz CT molecular complexity index is 865. The highest BCUT2D eigenvalue weighted by atomic mass is 16.5. The standard InChI is InChI=1S/C37H62O5/c1-3-5-7-9-11-13-14-15-16-17-18-20-22-23-25-27-36(39)41-33-29-31-34(38)35(32-30-33)42-37(40)28-26-24-21-19-12-10-8-6-4-2/h29-32H,3-28H2,1-2H3. The highest BCUT2D eigenvalue weighted by Gasteiger charge is 2.09. The molecule has 0 unspecified atom stereocenters. The van der Waals surface area contributed by atoms with Crippen molar-refractivity contribution in [2.45, 2.75) is 181 Å². The van der Waals surface area contributed by atoms with E-state index in [-0.39, 0.29) is 11.7 Å². The molecule has 0 radical (unpaired) electrons. The zero-order valence-electron chi connectivity index (χ0n) is 27.2. The molecule has 240 valence electrons. The Hall–Kier alpha value is -2.17. The van der Waals surface area contributed by atoms with Crippen molar-refractivity contribution in [2.75, 3.05) is 0 Å². The van der Waals surface area contributed by atoms with E-state index in [0.29, 0.717) is 18.6 Å². The summed E-state index contributed by atoms with van der Waals surface area (Å²) in [5, 5.41) is 0. The van der Waals surface area contributed by atoms with Crippen LogP contribution in [0.2, 0.25) is 0 Å². The monoisotopic (exact) mass is 586 g/mol. The molecule has 0 saturated heterocycles. The van der Waals surface area contributed by atoms with Crippen LogP contribution in [-0.4, -0.2) is 11.9 Å². The van der Waals surface area contributed by atoms with E-state index >= 15 is 0 Å². The van der Waals surface area contributed by atoms with Crippen LogP contribution >= 0.6 is 0 Å². The molecule has 0 aliphatic carbocycles. The molecule has 0 aromatic heterocycles. The Morgan fingerprint density at radius 3 is 1.19 bits per heavy atom. The summed E-state index contributed by atoms with van der Waals surface area (Å²) in [6.45, 7) is 4.49. The highest BCUT2D eigenvalue weighted by Crippen LogP contribution is 2.16. The van der Waals surface area contributed by atoms with Gasteiger partial charge in [-0.3, -0.25) is 14.4 Å². The minimum Gasteiger partial charge on any atom is -0.427 e. The third-order valence-corrected chi connectivity index (χ3v) is 7.97. The van der Waals surface area contributed by atoms with Gasteiger partial charge in [-0.05, 0) is 37.1 Å². The summed E-state index contributed by atoms with van der Waals surface area (Å²) in [6.07, 6.45) is 30.4. The van der Waals surface area contributed by atoms with E-state index < -0.39 is 11.4 Å². The second kappa shape index (κ2) is 27.7. The molecular weight excluding hydrogens is 524 g/mol. The molecule has 0 atom stereocenters. The predicted molar refractivity (Wildman–Crippen MR) is 175 cm³/mol. The van der Waals surface area contributed by atoms with Gasteiger partial charge in [0, 0.05) is 12.8 Å². The van der Waals surface area contributed by atoms with E-state index in [0.717, 1.165) is 38.5 Å². The van der Waals surface area contributed by atoms with Crippen molar-refractivity contribution < 1.29 is 19.1 Å². The summed E-state index contributed by atoms with van der Waals surface area (Å²) in [5.41, 5.74) is -0.403. The Kier molecular flexibility index (Phi) is 24.9. The smallest absolute Gasteiger partial charge is 0.311 e. The normalized spacial score (nSPS) is 11.0. The van der Waals surface area contributed by atoms with Crippen molar-refractivity contribution in [3.8, 4) is 11.5 Å². The maximum absolute atomic E-state index is 12.3. The second-order valence-electron chi connectivity index (χ2n) is 12.0. The van der Waals surface area contributed by atoms with E-state index in [2.05, 4.69) is 13.8 Å². The number of ether oxygens (including phenoxy) is 2. The van der Waals surface area contributed by atoms with E-state index in [1.54, 1.807) is 0 Å². The number of hydrogen-bond donors (Lipinski definition) is 0. The molecule has 0 N–H and O–H groups in total. The third-order valence-electron chi connectivity index (χ3n) is 7.97. The van der Waals surface area contributed by atoms with Crippen LogP contribution in [0.4, 0.5) is 0 Å². The Labute approximate surface area is 257 Å². The highest BCUT2D eigenvalue weighted by molar-refractivity contribution is 5.73. The molecule has 5 heteroatoms. The van der Waals surface area contributed by atoms with Crippen LogP contribution in [0.25, 0.3) is 0 Å². The Balaban J connectivity index is 2.11. The van der Waals surface area contributed by atoms with Crippen molar-refractivity contribution >= 4 is 11.9 Å². The number of carbonyl (C=O) groups is 2. The van der Waals surface area contributed by atoms with E-state index in [9.17, 15) is 14.4 Å². The lowest BCUT2D eigenvalue weighted by molar-refractivity contribution is -0.135.